The molecule has 0 spiro atoms. The van der Waals surface area contributed by atoms with Crippen LogP contribution in [0.15, 0.2) is 24.3 Å². The number of hydrogen-bond acceptors (Lipinski definition) is 3. The smallest absolute Gasteiger partial charge is 0.416 e. The molecule has 1 aromatic carbocycles. The number of carbonyl (C=O) groups is 2. The summed E-state index contributed by atoms with van der Waals surface area (Å²) in [5.41, 5.74) is -0.0478. The third-order valence-electron chi connectivity index (χ3n) is 3.91. The van der Waals surface area contributed by atoms with E-state index in [2.05, 4.69) is 0 Å². The van der Waals surface area contributed by atoms with Crippen LogP contribution in [-0.2, 0) is 26.9 Å². The fourth-order valence-corrected chi connectivity index (χ4v) is 2.39. The summed E-state index contributed by atoms with van der Waals surface area (Å²) in [4.78, 5) is 25.0. The second-order valence-electron chi connectivity index (χ2n) is 5.62. The Morgan fingerprint density at radius 3 is 2.52 bits per heavy atom. The highest BCUT2D eigenvalue weighted by molar-refractivity contribution is 5.84. The minimum absolute atomic E-state index is 0.0825. The number of esters is 1. The van der Waals surface area contributed by atoms with Crippen LogP contribution < -0.4 is 0 Å². The van der Waals surface area contributed by atoms with Crippen LogP contribution in [0, 0.1) is 5.92 Å². The van der Waals surface area contributed by atoms with Crippen molar-refractivity contribution >= 4 is 11.9 Å². The van der Waals surface area contributed by atoms with Gasteiger partial charge in [-0.25, -0.2) is 0 Å². The summed E-state index contributed by atoms with van der Waals surface area (Å²) in [6, 6.07) is 4.76. The number of halogens is 3. The third kappa shape index (κ3) is 4.71. The predicted molar refractivity (Wildman–Crippen MR) is 76.5 cm³/mol. The highest BCUT2D eigenvalue weighted by atomic mass is 19.4. The SMILES string of the molecule is CN1CCC(C(=O)OCCc2ccc(C(F)(F)F)cc2)CC1=O. The molecular weight excluding hydrogens is 311 g/mol. The predicted octanol–water partition coefficient (Wildman–Crippen LogP) is 2.66. The Morgan fingerprint density at radius 1 is 1.30 bits per heavy atom. The first-order valence-corrected chi connectivity index (χ1v) is 7.34. The van der Waals surface area contributed by atoms with Crippen LogP contribution in [0.25, 0.3) is 0 Å². The number of amides is 1. The molecule has 23 heavy (non-hydrogen) atoms. The molecule has 0 radical (unpaired) electrons. The minimum Gasteiger partial charge on any atom is -0.465 e. The molecule has 4 nitrogen and oxygen atoms in total. The molecule has 1 aliphatic heterocycles. The summed E-state index contributed by atoms with van der Waals surface area (Å²) < 4.78 is 42.5. The molecule has 0 bridgehead atoms. The maximum atomic E-state index is 12.4. The highest BCUT2D eigenvalue weighted by Gasteiger charge is 2.30. The fourth-order valence-electron chi connectivity index (χ4n) is 2.39. The van der Waals surface area contributed by atoms with Crippen LogP contribution in [0.2, 0.25) is 0 Å². The molecule has 1 unspecified atom stereocenters. The van der Waals surface area contributed by atoms with Crippen molar-refractivity contribution in [2.45, 2.75) is 25.4 Å². The van der Waals surface area contributed by atoms with Gasteiger partial charge in [-0.2, -0.15) is 13.2 Å². The van der Waals surface area contributed by atoms with E-state index in [9.17, 15) is 22.8 Å². The molecule has 2 rings (SSSR count). The number of ether oxygens (including phenoxy) is 1. The monoisotopic (exact) mass is 329 g/mol. The van der Waals surface area contributed by atoms with Crippen molar-refractivity contribution in [3.63, 3.8) is 0 Å². The lowest BCUT2D eigenvalue weighted by Crippen LogP contribution is -2.38. The molecule has 0 aliphatic carbocycles. The van der Waals surface area contributed by atoms with Crippen molar-refractivity contribution in [3.05, 3.63) is 35.4 Å². The van der Waals surface area contributed by atoms with E-state index in [1.54, 1.807) is 11.9 Å². The minimum atomic E-state index is -4.36. The Morgan fingerprint density at radius 2 is 1.96 bits per heavy atom. The van der Waals surface area contributed by atoms with E-state index in [0.29, 0.717) is 24.9 Å². The maximum Gasteiger partial charge on any atom is 0.416 e. The van der Waals surface area contributed by atoms with Gasteiger partial charge in [-0.15, -0.1) is 0 Å². The first-order chi connectivity index (χ1) is 10.8. The average Bonchev–Trinajstić information content (AvgIpc) is 2.49. The summed E-state index contributed by atoms with van der Waals surface area (Å²) in [6.07, 6.45) is -3.30. The Bertz CT molecular complexity index is 569. The van der Waals surface area contributed by atoms with E-state index >= 15 is 0 Å². The molecule has 1 fully saturated rings. The topological polar surface area (TPSA) is 46.6 Å². The molecule has 0 saturated carbocycles. The molecule has 7 heteroatoms. The summed E-state index contributed by atoms with van der Waals surface area (Å²) in [6.45, 7) is 0.613. The zero-order valence-corrected chi connectivity index (χ0v) is 12.7. The number of piperidine rings is 1. The molecular formula is C16H18F3NO3. The quantitative estimate of drug-likeness (QED) is 0.798. The van der Waals surface area contributed by atoms with Crippen LogP contribution in [0.3, 0.4) is 0 Å². The van der Waals surface area contributed by atoms with Gasteiger partial charge < -0.3 is 9.64 Å². The Hall–Kier alpha value is -2.05. The number of rotatable bonds is 4. The first-order valence-electron chi connectivity index (χ1n) is 7.34. The Balaban J connectivity index is 1.78. The molecule has 1 aromatic rings. The van der Waals surface area contributed by atoms with Gasteiger partial charge in [-0.05, 0) is 24.1 Å². The van der Waals surface area contributed by atoms with Crippen LogP contribution in [0.5, 0.6) is 0 Å². The van der Waals surface area contributed by atoms with Crippen molar-refractivity contribution in [2.75, 3.05) is 20.2 Å². The van der Waals surface area contributed by atoms with Crippen molar-refractivity contribution in [3.8, 4) is 0 Å². The van der Waals surface area contributed by atoms with Gasteiger partial charge in [0.15, 0.2) is 0 Å². The van der Waals surface area contributed by atoms with Crippen LogP contribution in [0.4, 0.5) is 13.2 Å². The van der Waals surface area contributed by atoms with Crippen LogP contribution in [0.1, 0.15) is 24.0 Å². The summed E-state index contributed by atoms with van der Waals surface area (Å²) in [7, 11) is 1.69. The maximum absolute atomic E-state index is 12.4. The van der Waals surface area contributed by atoms with E-state index in [1.807, 2.05) is 0 Å². The van der Waals surface area contributed by atoms with Crippen molar-refractivity contribution in [1.82, 2.24) is 4.90 Å². The second kappa shape index (κ2) is 7.02. The molecule has 1 amide bonds. The number of alkyl halides is 3. The lowest BCUT2D eigenvalue weighted by molar-refractivity contribution is -0.154. The van der Waals surface area contributed by atoms with Gasteiger partial charge in [0.05, 0.1) is 18.1 Å². The number of hydrogen-bond donors (Lipinski definition) is 0. The van der Waals surface area contributed by atoms with Gasteiger partial charge in [-0.3, -0.25) is 9.59 Å². The Kier molecular flexibility index (Phi) is 5.28. The molecule has 1 saturated heterocycles. The lowest BCUT2D eigenvalue weighted by Gasteiger charge is -2.27. The largest absolute Gasteiger partial charge is 0.465 e. The van der Waals surface area contributed by atoms with Crippen molar-refractivity contribution in [2.24, 2.45) is 5.92 Å². The summed E-state index contributed by atoms with van der Waals surface area (Å²) in [5, 5.41) is 0. The van der Waals surface area contributed by atoms with Gasteiger partial charge in [0, 0.05) is 26.4 Å². The number of carbonyl (C=O) groups excluding carboxylic acids is 2. The van der Waals surface area contributed by atoms with E-state index in [4.69, 9.17) is 4.74 Å². The van der Waals surface area contributed by atoms with Crippen molar-refractivity contribution in [1.29, 1.82) is 0 Å². The van der Waals surface area contributed by atoms with Gasteiger partial charge in [0.2, 0.25) is 5.91 Å². The molecule has 1 aliphatic rings. The average molecular weight is 329 g/mol. The summed E-state index contributed by atoms with van der Waals surface area (Å²) >= 11 is 0. The number of benzene rings is 1. The molecule has 0 N–H and O–H groups in total. The molecule has 1 atom stereocenters. The van der Waals surface area contributed by atoms with E-state index in [1.165, 1.54) is 12.1 Å². The Labute approximate surface area is 132 Å². The standard InChI is InChI=1S/C16H18F3NO3/c1-20-8-6-12(10-14(20)21)15(22)23-9-7-11-2-4-13(5-3-11)16(17,18)19/h2-5,12H,6-10H2,1H3. The second-order valence-corrected chi connectivity index (χ2v) is 5.62. The fraction of sp³-hybridized carbons (Fsp3) is 0.500. The van der Waals surface area contributed by atoms with Gasteiger partial charge >= 0.3 is 12.1 Å². The van der Waals surface area contributed by atoms with Crippen LogP contribution >= 0.6 is 0 Å². The van der Waals surface area contributed by atoms with E-state index < -0.39 is 23.6 Å². The third-order valence-corrected chi connectivity index (χ3v) is 3.91. The highest BCUT2D eigenvalue weighted by Crippen LogP contribution is 2.29. The zero-order valence-electron chi connectivity index (χ0n) is 12.7. The molecule has 0 aromatic heterocycles. The summed E-state index contributed by atoms with van der Waals surface area (Å²) in [5.74, 6) is -0.925. The molecule has 1 heterocycles. The first kappa shape index (κ1) is 17.3. The van der Waals surface area contributed by atoms with E-state index in [-0.39, 0.29) is 18.9 Å². The van der Waals surface area contributed by atoms with E-state index in [0.717, 1.165) is 12.1 Å². The van der Waals surface area contributed by atoms with Gasteiger partial charge in [0.25, 0.3) is 0 Å². The van der Waals surface area contributed by atoms with Gasteiger partial charge in [-0.1, -0.05) is 12.1 Å². The lowest BCUT2D eigenvalue weighted by atomic mass is 9.97. The number of likely N-dealkylation sites (tertiary alicyclic amines) is 1. The number of nitrogens with zero attached hydrogens (tertiary/aromatic N) is 1. The molecule has 126 valence electrons. The van der Waals surface area contributed by atoms with Crippen LogP contribution in [-0.4, -0.2) is 37.0 Å². The normalized spacial score (nSPS) is 18.9. The van der Waals surface area contributed by atoms with Gasteiger partial charge in [0.1, 0.15) is 0 Å². The zero-order chi connectivity index (χ0) is 17.0. The van der Waals surface area contributed by atoms with Crippen molar-refractivity contribution < 1.29 is 27.5 Å².